The van der Waals surface area contributed by atoms with Gasteiger partial charge < -0.3 is 4.57 Å². The normalized spacial score (nSPS) is 12.2. The monoisotopic (exact) mass is 253 g/mol. The lowest BCUT2D eigenvalue weighted by atomic mass is 10.2. The minimum Gasteiger partial charge on any atom is -0.338 e. The summed E-state index contributed by atoms with van der Waals surface area (Å²) in [5, 5.41) is 2.73. The van der Waals surface area contributed by atoms with E-state index in [0.717, 1.165) is 6.42 Å². The third-order valence-corrected chi connectivity index (χ3v) is 3.65. The lowest BCUT2D eigenvalue weighted by molar-refractivity contribution is 0.563. The first-order valence-corrected chi connectivity index (χ1v) is 7.30. The summed E-state index contributed by atoms with van der Waals surface area (Å²) >= 11 is 0. The van der Waals surface area contributed by atoms with Gasteiger partial charge in [0, 0.05) is 27.8 Å². The first-order valence-electron chi connectivity index (χ1n) is 7.30. The van der Waals surface area contributed by atoms with Crippen molar-refractivity contribution in [1.29, 1.82) is 0 Å². The molecule has 0 saturated heterocycles. The van der Waals surface area contributed by atoms with Crippen LogP contribution < -0.4 is 0 Å². The fraction of sp³-hybridized carbons (Fsp3) is 0.333. The van der Waals surface area contributed by atoms with Crippen molar-refractivity contribution < 1.29 is 0 Å². The number of para-hydroxylation sites is 2. The molecule has 1 unspecified atom stereocenters. The van der Waals surface area contributed by atoms with Crippen molar-refractivity contribution in [2.24, 2.45) is 0 Å². The highest BCUT2D eigenvalue weighted by atomic mass is 15.0. The Kier molecular flexibility index (Phi) is 4.26. The van der Waals surface area contributed by atoms with Crippen LogP contribution >= 0.6 is 0 Å². The number of hydrogen-bond acceptors (Lipinski definition) is 0. The van der Waals surface area contributed by atoms with Crippen LogP contribution in [0.2, 0.25) is 0 Å². The summed E-state index contributed by atoms with van der Waals surface area (Å²) in [6.45, 7) is 8.53. The van der Waals surface area contributed by atoms with Gasteiger partial charge in [-0.3, -0.25) is 0 Å². The molecule has 3 aromatic rings. The molecule has 3 rings (SSSR count). The van der Waals surface area contributed by atoms with E-state index in [4.69, 9.17) is 0 Å². The van der Waals surface area contributed by atoms with E-state index in [9.17, 15) is 0 Å². The van der Waals surface area contributed by atoms with E-state index in [1.54, 1.807) is 0 Å². The molecule has 1 heteroatoms. The van der Waals surface area contributed by atoms with Crippen molar-refractivity contribution in [2.75, 3.05) is 0 Å². The van der Waals surface area contributed by atoms with Gasteiger partial charge in [0.2, 0.25) is 0 Å². The zero-order chi connectivity index (χ0) is 13.8. The van der Waals surface area contributed by atoms with Gasteiger partial charge in [-0.1, -0.05) is 57.2 Å². The van der Waals surface area contributed by atoms with Crippen LogP contribution in [0.25, 0.3) is 21.8 Å². The molecule has 0 saturated carbocycles. The van der Waals surface area contributed by atoms with Gasteiger partial charge in [0.05, 0.1) is 0 Å². The standard InChI is InChI=1S/C16H17N.C2H6/c1-3-12(2)17-15-10-6-4-8-13(15)14-9-5-7-11-16(14)17;1-2/h4-12H,3H2,1-2H3;1-2H3. The lowest BCUT2D eigenvalue weighted by Crippen LogP contribution is -2.02. The first-order chi connectivity index (χ1) is 9.33. The van der Waals surface area contributed by atoms with E-state index in [1.807, 2.05) is 13.8 Å². The maximum atomic E-state index is 2.46. The van der Waals surface area contributed by atoms with Crippen molar-refractivity contribution in [3.8, 4) is 0 Å². The van der Waals surface area contributed by atoms with E-state index >= 15 is 0 Å². The van der Waals surface area contributed by atoms with E-state index in [1.165, 1.54) is 21.8 Å². The molecule has 1 nitrogen and oxygen atoms in total. The summed E-state index contributed by atoms with van der Waals surface area (Å²) in [4.78, 5) is 0. The molecule has 0 N–H and O–H groups in total. The molecular formula is C18H23N. The molecule has 100 valence electrons. The predicted octanol–water partition coefficient (Wildman–Crippen LogP) is 5.79. The Labute approximate surface area is 115 Å². The minimum atomic E-state index is 0.541. The van der Waals surface area contributed by atoms with Gasteiger partial charge in [0.25, 0.3) is 0 Å². The van der Waals surface area contributed by atoms with E-state index in [2.05, 4.69) is 66.9 Å². The molecular weight excluding hydrogens is 230 g/mol. The average molecular weight is 253 g/mol. The van der Waals surface area contributed by atoms with Gasteiger partial charge in [-0.2, -0.15) is 0 Å². The zero-order valence-corrected chi connectivity index (χ0v) is 12.4. The third-order valence-electron chi connectivity index (χ3n) is 3.65. The van der Waals surface area contributed by atoms with Crippen molar-refractivity contribution >= 4 is 21.8 Å². The molecule has 19 heavy (non-hydrogen) atoms. The summed E-state index contributed by atoms with van der Waals surface area (Å²) in [6.07, 6.45) is 1.16. The smallest absolute Gasteiger partial charge is 0.0493 e. The summed E-state index contributed by atoms with van der Waals surface area (Å²) < 4.78 is 2.46. The lowest BCUT2D eigenvalue weighted by Gasteiger charge is -2.14. The first kappa shape index (κ1) is 13.7. The Bertz CT molecular complexity index is 610. The number of fused-ring (bicyclic) bond motifs is 3. The van der Waals surface area contributed by atoms with Crippen LogP contribution in [0, 0.1) is 0 Å². The number of rotatable bonds is 2. The molecule has 2 aromatic carbocycles. The van der Waals surface area contributed by atoms with Crippen LogP contribution in [0.4, 0.5) is 0 Å². The van der Waals surface area contributed by atoms with Crippen LogP contribution in [0.5, 0.6) is 0 Å². The molecule has 0 fully saturated rings. The second kappa shape index (κ2) is 5.92. The topological polar surface area (TPSA) is 4.93 Å². The van der Waals surface area contributed by atoms with Crippen molar-refractivity contribution in [3.05, 3.63) is 48.5 Å². The molecule has 0 aliphatic rings. The number of benzene rings is 2. The summed E-state index contributed by atoms with van der Waals surface area (Å²) in [5.74, 6) is 0. The van der Waals surface area contributed by atoms with Crippen LogP contribution in [-0.4, -0.2) is 4.57 Å². The quantitative estimate of drug-likeness (QED) is 0.544. The van der Waals surface area contributed by atoms with Gasteiger partial charge in [-0.25, -0.2) is 0 Å². The Morgan fingerprint density at radius 3 is 1.68 bits per heavy atom. The van der Waals surface area contributed by atoms with Gasteiger partial charge in [-0.15, -0.1) is 0 Å². The second-order valence-electron chi connectivity index (χ2n) is 4.66. The molecule has 0 spiro atoms. The maximum absolute atomic E-state index is 2.46. The van der Waals surface area contributed by atoms with Crippen LogP contribution in [0.15, 0.2) is 48.5 Å². The Morgan fingerprint density at radius 2 is 1.26 bits per heavy atom. The fourth-order valence-electron chi connectivity index (χ4n) is 2.61. The molecule has 1 aromatic heterocycles. The highest BCUT2D eigenvalue weighted by Gasteiger charge is 2.12. The molecule has 1 heterocycles. The number of aromatic nitrogens is 1. The highest BCUT2D eigenvalue weighted by molar-refractivity contribution is 6.08. The van der Waals surface area contributed by atoms with Crippen LogP contribution in [0.3, 0.4) is 0 Å². The molecule has 1 atom stereocenters. The van der Waals surface area contributed by atoms with E-state index in [-0.39, 0.29) is 0 Å². The molecule has 0 bridgehead atoms. The Balaban J connectivity index is 0.000000637. The van der Waals surface area contributed by atoms with Gasteiger partial charge in [0.1, 0.15) is 0 Å². The Morgan fingerprint density at radius 1 is 0.842 bits per heavy atom. The minimum absolute atomic E-state index is 0.541. The van der Waals surface area contributed by atoms with Crippen molar-refractivity contribution in [2.45, 2.75) is 40.2 Å². The number of hydrogen-bond donors (Lipinski definition) is 0. The van der Waals surface area contributed by atoms with E-state index in [0.29, 0.717) is 6.04 Å². The maximum Gasteiger partial charge on any atom is 0.0493 e. The predicted molar refractivity (Wildman–Crippen MR) is 85.8 cm³/mol. The zero-order valence-electron chi connectivity index (χ0n) is 12.4. The van der Waals surface area contributed by atoms with Gasteiger partial charge in [-0.05, 0) is 25.5 Å². The third kappa shape index (κ3) is 2.25. The summed E-state index contributed by atoms with van der Waals surface area (Å²) in [5.41, 5.74) is 2.70. The fourth-order valence-corrected chi connectivity index (χ4v) is 2.61. The SMILES string of the molecule is CC.CCC(C)n1c2ccccc2c2ccccc21. The summed E-state index contributed by atoms with van der Waals surface area (Å²) in [6, 6.07) is 17.9. The second-order valence-corrected chi connectivity index (χ2v) is 4.66. The molecule has 0 amide bonds. The summed E-state index contributed by atoms with van der Waals surface area (Å²) in [7, 11) is 0. The molecule has 0 aliphatic heterocycles. The van der Waals surface area contributed by atoms with Crippen LogP contribution in [-0.2, 0) is 0 Å². The largest absolute Gasteiger partial charge is 0.338 e. The highest BCUT2D eigenvalue weighted by Crippen LogP contribution is 2.32. The number of nitrogens with zero attached hydrogens (tertiary/aromatic N) is 1. The Hall–Kier alpha value is -1.76. The average Bonchev–Trinajstić information content (AvgIpc) is 2.83. The van der Waals surface area contributed by atoms with Crippen molar-refractivity contribution in [3.63, 3.8) is 0 Å². The van der Waals surface area contributed by atoms with Crippen molar-refractivity contribution in [1.82, 2.24) is 4.57 Å². The van der Waals surface area contributed by atoms with Gasteiger partial charge >= 0.3 is 0 Å². The van der Waals surface area contributed by atoms with Crippen LogP contribution in [0.1, 0.15) is 40.2 Å². The van der Waals surface area contributed by atoms with E-state index < -0.39 is 0 Å². The molecule has 0 radical (unpaired) electrons. The molecule has 0 aliphatic carbocycles. The van der Waals surface area contributed by atoms with Gasteiger partial charge in [0.15, 0.2) is 0 Å².